The van der Waals surface area contributed by atoms with Gasteiger partial charge in [0.1, 0.15) is 11.3 Å². The van der Waals surface area contributed by atoms with Gasteiger partial charge in [-0.2, -0.15) is 0 Å². The molecule has 1 aromatic carbocycles. The maximum absolute atomic E-state index is 13.4. The third kappa shape index (κ3) is 1.31. The van der Waals surface area contributed by atoms with Crippen LogP contribution in [0.3, 0.4) is 0 Å². The molecule has 0 aliphatic heterocycles. The number of aromatic nitrogens is 2. The fourth-order valence-electron chi connectivity index (χ4n) is 1.10. The number of nitrogen functional groups attached to an aromatic ring is 1. The molecule has 0 radical (unpaired) electrons. The number of nitrogens with two attached hydrogens (primary N) is 1. The van der Waals surface area contributed by atoms with Crippen LogP contribution < -0.4 is 5.73 Å². The van der Waals surface area contributed by atoms with Gasteiger partial charge in [-0.1, -0.05) is 0 Å². The fraction of sp³-hybridized carbons (Fsp3) is 0. The Morgan fingerprint density at radius 1 is 1.36 bits per heavy atom. The Morgan fingerprint density at radius 3 is 2.79 bits per heavy atom. The van der Waals surface area contributed by atoms with Gasteiger partial charge in [-0.15, -0.1) is 0 Å². The van der Waals surface area contributed by atoms with E-state index in [-0.39, 0.29) is 21.3 Å². The van der Waals surface area contributed by atoms with Gasteiger partial charge in [-0.25, -0.2) is 18.7 Å². The number of hydrogen-bond acceptors (Lipinski definition) is 3. The molecule has 0 atom stereocenters. The summed E-state index contributed by atoms with van der Waals surface area (Å²) in [7, 11) is 0. The molecule has 14 heavy (non-hydrogen) atoms. The van der Waals surface area contributed by atoms with Crippen LogP contribution in [0.2, 0.25) is 0 Å². The molecule has 0 amide bonds. The summed E-state index contributed by atoms with van der Waals surface area (Å²) >= 11 is 2.88. The molecule has 0 aliphatic rings. The van der Waals surface area contributed by atoms with Gasteiger partial charge in [0.15, 0.2) is 5.82 Å². The third-order valence-electron chi connectivity index (χ3n) is 1.74. The molecule has 0 saturated heterocycles. The van der Waals surface area contributed by atoms with Crippen LogP contribution in [0.1, 0.15) is 0 Å². The molecule has 0 unspecified atom stereocenters. The zero-order chi connectivity index (χ0) is 10.3. The van der Waals surface area contributed by atoms with E-state index in [1.165, 1.54) is 0 Å². The summed E-state index contributed by atoms with van der Waals surface area (Å²) in [4.78, 5) is 7.20. The first-order chi connectivity index (χ1) is 6.59. The van der Waals surface area contributed by atoms with Crippen molar-refractivity contribution in [2.45, 2.75) is 0 Å². The highest BCUT2D eigenvalue weighted by Crippen LogP contribution is 2.25. The second kappa shape index (κ2) is 3.13. The standard InChI is InChI=1S/C8H4BrF2N3/c9-4-1-5(10)3-2-13-8(12)14-7(3)6(4)11/h1-2H,(H2,12,13,14). The summed E-state index contributed by atoms with van der Waals surface area (Å²) in [6.07, 6.45) is 1.16. The molecular formula is C8H4BrF2N3. The van der Waals surface area contributed by atoms with Crippen molar-refractivity contribution >= 4 is 32.8 Å². The smallest absolute Gasteiger partial charge is 0.220 e. The van der Waals surface area contributed by atoms with Crippen LogP contribution in [0.15, 0.2) is 16.7 Å². The summed E-state index contributed by atoms with van der Waals surface area (Å²) in [6.45, 7) is 0. The van der Waals surface area contributed by atoms with Crippen molar-refractivity contribution in [2.24, 2.45) is 0 Å². The maximum atomic E-state index is 13.4. The van der Waals surface area contributed by atoms with Crippen molar-refractivity contribution in [3.8, 4) is 0 Å². The fourth-order valence-corrected chi connectivity index (χ4v) is 1.49. The number of benzene rings is 1. The Labute approximate surface area is 86.1 Å². The average molecular weight is 260 g/mol. The number of rotatable bonds is 0. The van der Waals surface area contributed by atoms with Crippen LogP contribution in [-0.4, -0.2) is 9.97 Å². The summed E-state index contributed by atoms with van der Waals surface area (Å²) in [5.74, 6) is -1.32. The van der Waals surface area contributed by atoms with Gasteiger partial charge in [0, 0.05) is 6.20 Å². The summed E-state index contributed by atoms with van der Waals surface area (Å²) in [5.41, 5.74) is 5.15. The minimum Gasteiger partial charge on any atom is -0.368 e. The monoisotopic (exact) mass is 259 g/mol. The number of hydrogen-bond donors (Lipinski definition) is 1. The molecule has 2 aromatic rings. The highest BCUT2D eigenvalue weighted by atomic mass is 79.9. The van der Waals surface area contributed by atoms with E-state index < -0.39 is 11.6 Å². The van der Waals surface area contributed by atoms with E-state index in [1.807, 2.05) is 0 Å². The molecule has 2 rings (SSSR count). The normalized spacial score (nSPS) is 10.8. The molecule has 72 valence electrons. The molecule has 3 nitrogen and oxygen atoms in total. The molecule has 2 N–H and O–H groups in total. The minimum absolute atomic E-state index is 0.0138. The van der Waals surface area contributed by atoms with Gasteiger partial charge < -0.3 is 5.73 Å². The minimum atomic E-state index is -0.643. The zero-order valence-corrected chi connectivity index (χ0v) is 8.35. The SMILES string of the molecule is Nc1ncc2c(F)cc(Br)c(F)c2n1. The second-order valence-corrected chi connectivity index (χ2v) is 3.50. The van der Waals surface area contributed by atoms with Crippen molar-refractivity contribution in [3.05, 3.63) is 28.4 Å². The van der Waals surface area contributed by atoms with Gasteiger partial charge >= 0.3 is 0 Å². The molecule has 1 aromatic heterocycles. The summed E-state index contributed by atoms with van der Waals surface area (Å²) in [6, 6.07) is 1.03. The van der Waals surface area contributed by atoms with Crippen molar-refractivity contribution < 1.29 is 8.78 Å². The number of halogens is 3. The molecular weight excluding hydrogens is 256 g/mol. The molecule has 0 saturated carbocycles. The Hall–Kier alpha value is -1.30. The number of fused-ring (bicyclic) bond motifs is 1. The Morgan fingerprint density at radius 2 is 2.07 bits per heavy atom. The molecule has 0 fully saturated rings. The number of anilines is 1. The molecule has 0 aliphatic carbocycles. The second-order valence-electron chi connectivity index (χ2n) is 2.64. The van der Waals surface area contributed by atoms with Crippen LogP contribution in [0.5, 0.6) is 0 Å². The third-order valence-corrected chi connectivity index (χ3v) is 2.31. The molecule has 0 bridgehead atoms. The number of nitrogens with zero attached hydrogens (tertiary/aromatic N) is 2. The van der Waals surface area contributed by atoms with Crippen LogP contribution in [0.4, 0.5) is 14.7 Å². The Balaban J connectivity index is 2.95. The van der Waals surface area contributed by atoms with E-state index in [9.17, 15) is 8.78 Å². The van der Waals surface area contributed by atoms with E-state index in [4.69, 9.17) is 5.73 Å². The molecule has 6 heteroatoms. The van der Waals surface area contributed by atoms with E-state index in [0.717, 1.165) is 12.3 Å². The van der Waals surface area contributed by atoms with Gasteiger partial charge in [-0.3, -0.25) is 0 Å². The topological polar surface area (TPSA) is 51.8 Å². The molecule has 1 heterocycles. The highest BCUT2D eigenvalue weighted by Gasteiger charge is 2.12. The van der Waals surface area contributed by atoms with Gasteiger partial charge in [0.2, 0.25) is 5.95 Å². The molecule has 0 spiro atoms. The average Bonchev–Trinajstić information content (AvgIpc) is 2.14. The van der Waals surface area contributed by atoms with Crippen LogP contribution in [-0.2, 0) is 0 Å². The summed E-state index contributed by atoms with van der Waals surface area (Å²) in [5, 5.41) is 0.0138. The van der Waals surface area contributed by atoms with Crippen LogP contribution in [0, 0.1) is 11.6 Å². The first-order valence-electron chi connectivity index (χ1n) is 3.65. The predicted octanol–water partition coefficient (Wildman–Crippen LogP) is 2.25. The van der Waals surface area contributed by atoms with E-state index >= 15 is 0 Å². The maximum Gasteiger partial charge on any atom is 0.220 e. The Bertz CT molecular complexity index is 515. The summed E-state index contributed by atoms with van der Waals surface area (Å²) < 4.78 is 26.7. The van der Waals surface area contributed by atoms with Crippen molar-refractivity contribution in [1.29, 1.82) is 0 Å². The lowest BCUT2D eigenvalue weighted by atomic mass is 10.2. The van der Waals surface area contributed by atoms with Gasteiger partial charge in [0.05, 0.1) is 9.86 Å². The lowest BCUT2D eigenvalue weighted by molar-refractivity contribution is 0.609. The van der Waals surface area contributed by atoms with Gasteiger partial charge in [-0.05, 0) is 22.0 Å². The zero-order valence-electron chi connectivity index (χ0n) is 6.76. The van der Waals surface area contributed by atoms with Crippen LogP contribution in [0.25, 0.3) is 10.9 Å². The van der Waals surface area contributed by atoms with Crippen molar-refractivity contribution in [1.82, 2.24) is 9.97 Å². The highest BCUT2D eigenvalue weighted by molar-refractivity contribution is 9.10. The van der Waals surface area contributed by atoms with E-state index in [1.54, 1.807) is 0 Å². The van der Waals surface area contributed by atoms with E-state index in [0.29, 0.717) is 0 Å². The lowest BCUT2D eigenvalue weighted by Gasteiger charge is -2.02. The lowest BCUT2D eigenvalue weighted by Crippen LogP contribution is -1.97. The first kappa shape index (κ1) is 9.26. The van der Waals surface area contributed by atoms with Gasteiger partial charge in [0.25, 0.3) is 0 Å². The Kier molecular flexibility index (Phi) is 2.07. The van der Waals surface area contributed by atoms with E-state index in [2.05, 4.69) is 25.9 Å². The van der Waals surface area contributed by atoms with Crippen LogP contribution >= 0.6 is 15.9 Å². The quantitative estimate of drug-likeness (QED) is 0.739. The van der Waals surface area contributed by atoms with Crippen molar-refractivity contribution in [3.63, 3.8) is 0 Å². The van der Waals surface area contributed by atoms with Crippen molar-refractivity contribution in [2.75, 3.05) is 5.73 Å². The predicted molar refractivity (Wildman–Crippen MR) is 51.6 cm³/mol. The largest absolute Gasteiger partial charge is 0.368 e. The first-order valence-corrected chi connectivity index (χ1v) is 4.44.